The van der Waals surface area contributed by atoms with Gasteiger partial charge in [0.25, 0.3) is 0 Å². The van der Waals surface area contributed by atoms with Crippen LogP contribution in [0.1, 0.15) is 24.8 Å². The summed E-state index contributed by atoms with van der Waals surface area (Å²) in [5.41, 5.74) is 6.49. The van der Waals surface area contributed by atoms with Crippen molar-refractivity contribution >= 4 is 29.9 Å². The van der Waals surface area contributed by atoms with E-state index >= 15 is 0 Å². The summed E-state index contributed by atoms with van der Waals surface area (Å²) in [6, 6.07) is 3.00. The van der Waals surface area contributed by atoms with Gasteiger partial charge in [0.15, 0.2) is 12.6 Å². The molecule has 1 saturated carbocycles. The highest BCUT2D eigenvalue weighted by molar-refractivity contribution is 14.0. The van der Waals surface area contributed by atoms with Crippen molar-refractivity contribution in [1.29, 1.82) is 0 Å². The molecule has 1 aromatic heterocycles. The Bertz CT molecular complexity index is 504. The number of alkyl halides is 3. The van der Waals surface area contributed by atoms with Crippen LogP contribution >= 0.6 is 24.0 Å². The Kier molecular flexibility index (Phi) is 7.86. The zero-order valence-electron chi connectivity index (χ0n) is 12.5. The molecule has 2 rings (SSSR count). The maximum atomic E-state index is 12.0. The fourth-order valence-corrected chi connectivity index (χ4v) is 1.92. The summed E-state index contributed by atoms with van der Waals surface area (Å²) in [7, 11) is 0. The van der Waals surface area contributed by atoms with Gasteiger partial charge in [-0.25, -0.2) is 9.98 Å². The lowest BCUT2D eigenvalue weighted by Crippen LogP contribution is -2.37. The van der Waals surface area contributed by atoms with Crippen LogP contribution in [0.3, 0.4) is 0 Å². The molecule has 130 valence electrons. The second-order valence-electron chi connectivity index (χ2n) is 5.29. The predicted octanol–water partition coefficient (Wildman–Crippen LogP) is 2.85. The first-order valence-corrected chi connectivity index (χ1v) is 7.10. The number of pyridine rings is 1. The van der Waals surface area contributed by atoms with Gasteiger partial charge in [0.2, 0.25) is 5.88 Å². The van der Waals surface area contributed by atoms with Gasteiger partial charge < -0.3 is 15.8 Å². The second kappa shape index (κ2) is 9.14. The molecular weight excluding hydrogens is 424 g/mol. The molecule has 1 heterocycles. The maximum Gasteiger partial charge on any atom is 0.422 e. The van der Waals surface area contributed by atoms with Gasteiger partial charge in [0.05, 0.1) is 6.54 Å². The highest BCUT2D eigenvalue weighted by atomic mass is 127. The lowest BCUT2D eigenvalue weighted by Gasteiger charge is -2.25. The molecule has 0 saturated heterocycles. The van der Waals surface area contributed by atoms with E-state index in [9.17, 15) is 13.2 Å². The first-order valence-electron chi connectivity index (χ1n) is 7.10. The molecule has 23 heavy (non-hydrogen) atoms. The smallest absolute Gasteiger partial charge is 0.422 e. The van der Waals surface area contributed by atoms with Crippen molar-refractivity contribution in [3.63, 3.8) is 0 Å². The van der Waals surface area contributed by atoms with E-state index in [1.807, 2.05) is 0 Å². The standard InChI is InChI=1S/C14H19F3N4O.HI/c15-14(16,17)9-22-12-5-4-11(7-19-12)8-21-13(18)20-6-10-2-1-3-10;/h4-5,7,10H,1-3,6,8-9H2,(H3,18,20,21);1H. The molecule has 1 aliphatic carbocycles. The first kappa shape index (κ1) is 19.8. The van der Waals surface area contributed by atoms with Gasteiger partial charge in [-0.05, 0) is 24.3 Å². The molecule has 0 unspecified atom stereocenters. The summed E-state index contributed by atoms with van der Waals surface area (Å²) < 4.78 is 40.5. The minimum absolute atomic E-state index is 0. The molecule has 3 N–H and O–H groups in total. The zero-order chi connectivity index (χ0) is 16.0. The van der Waals surface area contributed by atoms with E-state index in [0.717, 1.165) is 12.1 Å². The third-order valence-electron chi connectivity index (χ3n) is 3.41. The van der Waals surface area contributed by atoms with E-state index in [1.165, 1.54) is 31.5 Å². The summed E-state index contributed by atoms with van der Waals surface area (Å²) in [4.78, 5) is 7.97. The van der Waals surface area contributed by atoms with Crippen LogP contribution in [0.4, 0.5) is 13.2 Å². The van der Waals surface area contributed by atoms with E-state index in [1.54, 1.807) is 6.07 Å². The highest BCUT2D eigenvalue weighted by Gasteiger charge is 2.28. The summed E-state index contributed by atoms with van der Waals surface area (Å²) in [5.74, 6) is 0.978. The number of nitrogens with two attached hydrogens (primary N) is 1. The zero-order valence-corrected chi connectivity index (χ0v) is 14.8. The van der Waals surface area contributed by atoms with Gasteiger partial charge in [-0.1, -0.05) is 12.5 Å². The number of nitrogens with one attached hydrogen (secondary N) is 1. The molecule has 1 fully saturated rings. The van der Waals surface area contributed by atoms with Crippen molar-refractivity contribution in [3.8, 4) is 5.88 Å². The SMILES string of the molecule is I.NC(=NCc1ccc(OCC(F)(F)F)nc1)NCC1CCC1. The summed E-state index contributed by atoms with van der Waals surface area (Å²) in [5, 5.41) is 3.06. The number of nitrogens with zero attached hydrogens (tertiary/aromatic N) is 2. The Balaban J connectivity index is 0.00000264. The fourth-order valence-electron chi connectivity index (χ4n) is 1.92. The van der Waals surface area contributed by atoms with Gasteiger partial charge in [0, 0.05) is 18.8 Å². The molecular formula is C14H20F3IN4O. The molecule has 0 bridgehead atoms. The van der Waals surface area contributed by atoms with Crippen LogP contribution in [-0.4, -0.2) is 30.3 Å². The molecule has 0 radical (unpaired) electrons. The number of hydrogen-bond acceptors (Lipinski definition) is 3. The Hall–Kier alpha value is -1.26. The third-order valence-corrected chi connectivity index (χ3v) is 3.41. The minimum atomic E-state index is -4.37. The van der Waals surface area contributed by atoms with Crippen LogP contribution in [0.15, 0.2) is 23.3 Å². The van der Waals surface area contributed by atoms with Crippen molar-refractivity contribution < 1.29 is 17.9 Å². The van der Waals surface area contributed by atoms with Gasteiger partial charge >= 0.3 is 6.18 Å². The monoisotopic (exact) mass is 444 g/mol. The van der Waals surface area contributed by atoms with Gasteiger partial charge in [0.1, 0.15) is 0 Å². The summed E-state index contributed by atoms with van der Waals surface area (Å²) in [6.45, 7) is -0.205. The molecule has 5 nitrogen and oxygen atoms in total. The number of halogens is 4. The van der Waals surface area contributed by atoms with E-state index < -0.39 is 12.8 Å². The summed E-state index contributed by atoms with van der Waals surface area (Å²) >= 11 is 0. The van der Waals surface area contributed by atoms with E-state index in [-0.39, 0.29) is 29.9 Å². The van der Waals surface area contributed by atoms with Crippen LogP contribution in [0.25, 0.3) is 0 Å². The number of rotatable bonds is 6. The molecule has 0 spiro atoms. The highest BCUT2D eigenvalue weighted by Crippen LogP contribution is 2.25. The van der Waals surface area contributed by atoms with E-state index in [0.29, 0.717) is 18.4 Å². The largest absolute Gasteiger partial charge is 0.468 e. The molecule has 0 amide bonds. The number of hydrogen-bond donors (Lipinski definition) is 2. The number of aromatic nitrogens is 1. The third kappa shape index (κ3) is 7.71. The van der Waals surface area contributed by atoms with Crippen molar-refractivity contribution in [1.82, 2.24) is 10.3 Å². The van der Waals surface area contributed by atoms with Crippen molar-refractivity contribution in [2.75, 3.05) is 13.2 Å². The molecule has 1 aromatic rings. The lowest BCUT2D eigenvalue weighted by atomic mass is 9.85. The average Bonchev–Trinajstić information content (AvgIpc) is 2.41. The first-order chi connectivity index (χ1) is 10.4. The van der Waals surface area contributed by atoms with Crippen molar-refractivity contribution in [2.24, 2.45) is 16.6 Å². The topological polar surface area (TPSA) is 72.5 Å². The molecule has 0 atom stereocenters. The molecule has 9 heteroatoms. The minimum Gasteiger partial charge on any atom is -0.468 e. The molecule has 0 aliphatic heterocycles. The number of aliphatic imine (C=N–C) groups is 1. The van der Waals surface area contributed by atoms with Crippen LogP contribution in [0.5, 0.6) is 5.88 Å². The fraction of sp³-hybridized carbons (Fsp3) is 0.571. The van der Waals surface area contributed by atoms with E-state index in [2.05, 4.69) is 20.0 Å². The van der Waals surface area contributed by atoms with Gasteiger partial charge in [-0.15, -0.1) is 24.0 Å². The normalized spacial score (nSPS) is 15.5. The van der Waals surface area contributed by atoms with E-state index in [4.69, 9.17) is 5.73 Å². The van der Waals surface area contributed by atoms with Crippen molar-refractivity contribution in [3.05, 3.63) is 23.9 Å². The molecule has 1 aliphatic rings. The number of ether oxygens (including phenoxy) is 1. The van der Waals surface area contributed by atoms with Crippen LogP contribution in [0, 0.1) is 5.92 Å². The predicted molar refractivity (Wildman–Crippen MR) is 91.9 cm³/mol. The van der Waals surface area contributed by atoms with Gasteiger partial charge in [-0.3, -0.25) is 0 Å². The Morgan fingerprint density at radius 1 is 1.39 bits per heavy atom. The average molecular weight is 444 g/mol. The van der Waals surface area contributed by atoms with Gasteiger partial charge in [-0.2, -0.15) is 13.2 Å². The Morgan fingerprint density at radius 2 is 2.13 bits per heavy atom. The van der Waals surface area contributed by atoms with Crippen molar-refractivity contribution in [2.45, 2.75) is 32.0 Å². The van der Waals surface area contributed by atoms with Crippen LogP contribution in [0.2, 0.25) is 0 Å². The van der Waals surface area contributed by atoms with Crippen LogP contribution in [-0.2, 0) is 6.54 Å². The lowest BCUT2D eigenvalue weighted by molar-refractivity contribution is -0.154. The number of guanidine groups is 1. The Labute approximate surface area is 149 Å². The molecule has 0 aromatic carbocycles. The van der Waals surface area contributed by atoms with Crippen LogP contribution < -0.4 is 15.8 Å². The Morgan fingerprint density at radius 3 is 2.65 bits per heavy atom. The maximum absolute atomic E-state index is 12.0. The summed E-state index contributed by atoms with van der Waals surface area (Å²) in [6.07, 6.45) is 0.782. The quantitative estimate of drug-likeness (QED) is 0.402. The second-order valence-corrected chi connectivity index (χ2v) is 5.29.